The molecule has 0 aromatic heterocycles. The van der Waals surface area contributed by atoms with Crippen LogP contribution in [0.4, 0.5) is 0 Å². The molecular formula is C26H28N2O4S. The molecule has 0 unspecified atom stereocenters. The highest BCUT2D eigenvalue weighted by molar-refractivity contribution is 7.86. The number of nitrogens with zero attached hydrogens (tertiary/aromatic N) is 2. The van der Waals surface area contributed by atoms with E-state index in [9.17, 15) is 18.6 Å². The highest BCUT2D eigenvalue weighted by Crippen LogP contribution is 2.24. The SMILES string of the molecule is O=S1(=O)N(Cc2ccccc2)C[C@H](O)[C@@H](O)CN1Cc1ccccc1/C=C/c1ccccc1. The molecule has 172 valence electrons. The fourth-order valence-electron chi connectivity index (χ4n) is 3.87. The van der Waals surface area contributed by atoms with Gasteiger partial charge >= 0.3 is 0 Å². The predicted octanol–water partition coefficient (Wildman–Crippen LogP) is 3.14. The summed E-state index contributed by atoms with van der Waals surface area (Å²) in [5.74, 6) is 0. The van der Waals surface area contributed by atoms with Gasteiger partial charge in [-0.1, -0.05) is 97.1 Å². The Hall–Kier alpha value is -2.81. The largest absolute Gasteiger partial charge is 0.389 e. The monoisotopic (exact) mass is 464 g/mol. The molecule has 0 saturated carbocycles. The van der Waals surface area contributed by atoms with Gasteiger partial charge in [-0.3, -0.25) is 0 Å². The van der Waals surface area contributed by atoms with Crippen LogP contribution in [0.5, 0.6) is 0 Å². The third kappa shape index (κ3) is 5.76. The second-order valence-electron chi connectivity index (χ2n) is 8.16. The van der Waals surface area contributed by atoms with Gasteiger partial charge in [0.1, 0.15) is 0 Å². The predicted molar refractivity (Wildman–Crippen MR) is 130 cm³/mol. The van der Waals surface area contributed by atoms with Crippen LogP contribution < -0.4 is 0 Å². The van der Waals surface area contributed by atoms with E-state index < -0.39 is 22.4 Å². The van der Waals surface area contributed by atoms with Crippen molar-refractivity contribution in [3.63, 3.8) is 0 Å². The van der Waals surface area contributed by atoms with E-state index in [1.54, 1.807) is 0 Å². The van der Waals surface area contributed by atoms with Gasteiger partial charge < -0.3 is 10.2 Å². The van der Waals surface area contributed by atoms with Crippen molar-refractivity contribution < 1.29 is 18.6 Å². The summed E-state index contributed by atoms with van der Waals surface area (Å²) in [6.07, 6.45) is 1.60. The molecular weight excluding hydrogens is 436 g/mol. The van der Waals surface area contributed by atoms with Crippen molar-refractivity contribution in [2.75, 3.05) is 13.1 Å². The van der Waals surface area contributed by atoms with E-state index >= 15 is 0 Å². The van der Waals surface area contributed by atoms with Gasteiger partial charge in [-0.05, 0) is 22.3 Å². The zero-order valence-corrected chi connectivity index (χ0v) is 19.1. The topological polar surface area (TPSA) is 81.1 Å². The molecule has 7 heteroatoms. The normalized spacial score (nSPS) is 21.8. The van der Waals surface area contributed by atoms with E-state index in [0.717, 1.165) is 22.3 Å². The number of aliphatic hydroxyl groups excluding tert-OH is 2. The molecule has 1 aliphatic heterocycles. The Balaban J connectivity index is 1.62. The first-order chi connectivity index (χ1) is 15.9. The molecule has 3 aromatic rings. The first-order valence-corrected chi connectivity index (χ1v) is 12.3. The van der Waals surface area contributed by atoms with Gasteiger partial charge in [-0.25, -0.2) is 0 Å². The average Bonchev–Trinajstić information content (AvgIpc) is 2.90. The molecule has 2 N–H and O–H groups in total. The Kier molecular flexibility index (Phi) is 7.37. The second-order valence-corrected chi connectivity index (χ2v) is 10.1. The lowest BCUT2D eigenvalue weighted by molar-refractivity contribution is 0.00888. The fraction of sp³-hybridized carbons (Fsp3) is 0.231. The Morgan fingerprint density at radius 2 is 1.27 bits per heavy atom. The molecule has 33 heavy (non-hydrogen) atoms. The summed E-state index contributed by atoms with van der Waals surface area (Å²) in [5.41, 5.74) is 3.57. The molecule has 3 aromatic carbocycles. The van der Waals surface area contributed by atoms with Gasteiger partial charge in [0.15, 0.2) is 0 Å². The minimum atomic E-state index is -3.92. The molecule has 1 fully saturated rings. The third-order valence-electron chi connectivity index (χ3n) is 5.74. The number of hydrogen-bond donors (Lipinski definition) is 2. The maximum atomic E-state index is 13.5. The molecule has 0 amide bonds. The van der Waals surface area contributed by atoms with Crippen LogP contribution >= 0.6 is 0 Å². The summed E-state index contributed by atoms with van der Waals surface area (Å²) in [6.45, 7) is -0.123. The van der Waals surface area contributed by atoms with Crippen molar-refractivity contribution in [2.45, 2.75) is 25.3 Å². The lowest BCUT2D eigenvalue weighted by atomic mass is 10.1. The highest BCUT2D eigenvalue weighted by Gasteiger charge is 2.39. The first-order valence-electron chi connectivity index (χ1n) is 10.9. The number of benzene rings is 3. The van der Waals surface area contributed by atoms with E-state index in [2.05, 4.69) is 0 Å². The summed E-state index contributed by atoms with van der Waals surface area (Å²) < 4.78 is 29.6. The lowest BCUT2D eigenvalue weighted by Crippen LogP contribution is -2.42. The van der Waals surface area contributed by atoms with E-state index in [1.165, 1.54) is 8.61 Å². The molecule has 1 aliphatic rings. The van der Waals surface area contributed by atoms with Crippen LogP contribution in [0.3, 0.4) is 0 Å². The van der Waals surface area contributed by atoms with Crippen LogP contribution in [0.1, 0.15) is 22.3 Å². The molecule has 1 saturated heterocycles. The van der Waals surface area contributed by atoms with Crippen molar-refractivity contribution in [1.82, 2.24) is 8.61 Å². The Morgan fingerprint density at radius 3 is 1.94 bits per heavy atom. The Labute approximate surface area is 195 Å². The van der Waals surface area contributed by atoms with Crippen LogP contribution in [0.15, 0.2) is 84.9 Å². The summed E-state index contributed by atoms with van der Waals surface area (Å²) in [7, 11) is -3.92. The maximum absolute atomic E-state index is 13.5. The standard InChI is InChI=1S/C26H28N2O4S/c29-25-19-27(17-22-11-5-2-6-12-22)33(31,32)28(20-26(25)30)18-24-14-8-7-13-23(24)16-15-21-9-3-1-4-10-21/h1-16,25-26,29-30H,17-20H2/b16-15+/t25-,26-/m0/s1. The van der Waals surface area contributed by atoms with E-state index in [4.69, 9.17) is 0 Å². The molecule has 0 aliphatic carbocycles. The molecule has 0 radical (unpaired) electrons. The number of β-amino-alcohol motifs (C(OH)–C–C–N with tert-alkyl or cyclic N) is 2. The van der Waals surface area contributed by atoms with Crippen molar-refractivity contribution in [3.8, 4) is 0 Å². The number of hydrogen-bond acceptors (Lipinski definition) is 4. The summed E-state index contributed by atoms with van der Waals surface area (Å²) in [5, 5.41) is 20.8. The van der Waals surface area contributed by atoms with Crippen LogP contribution in [0.2, 0.25) is 0 Å². The van der Waals surface area contributed by atoms with Gasteiger partial charge in [0, 0.05) is 26.2 Å². The molecule has 1 heterocycles. The van der Waals surface area contributed by atoms with E-state index in [0.29, 0.717) is 0 Å². The number of aliphatic hydroxyl groups is 2. The smallest absolute Gasteiger partial charge is 0.282 e. The summed E-state index contributed by atoms with van der Waals surface area (Å²) in [6, 6.07) is 26.7. The summed E-state index contributed by atoms with van der Waals surface area (Å²) >= 11 is 0. The van der Waals surface area contributed by atoms with Gasteiger partial charge in [0.2, 0.25) is 0 Å². The van der Waals surface area contributed by atoms with E-state index in [1.807, 2.05) is 97.1 Å². The first kappa shape index (κ1) is 23.4. The average molecular weight is 465 g/mol. The Morgan fingerprint density at radius 1 is 0.727 bits per heavy atom. The van der Waals surface area contributed by atoms with Crippen LogP contribution in [0.25, 0.3) is 12.2 Å². The highest BCUT2D eigenvalue weighted by atomic mass is 32.2. The fourth-order valence-corrected chi connectivity index (χ4v) is 5.50. The maximum Gasteiger partial charge on any atom is 0.282 e. The van der Waals surface area contributed by atoms with Gasteiger partial charge in [-0.15, -0.1) is 0 Å². The number of rotatable bonds is 6. The molecule has 0 spiro atoms. The lowest BCUT2D eigenvalue weighted by Gasteiger charge is -2.27. The molecule has 2 atom stereocenters. The zero-order chi connectivity index (χ0) is 23.3. The zero-order valence-electron chi connectivity index (χ0n) is 18.2. The van der Waals surface area contributed by atoms with Gasteiger partial charge in [0.05, 0.1) is 12.2 Å². The van der Waals surface area contributed by atoms with Crippen molar-refractivity contribution >= 4 is 22.4 Å². The summed E-state index contributed by atoms with van der Waals surface area (Å²) in [4.78, 5) is 0. The van der Waals surface area contributed by atoms with Crippen molar-refractivity contribution in [2.24, 2.45) is 0 Å². The second kappa shape index (κ2) is 10.4. The molecule has 0 bridgehead atoms. The van der Waals surface area contributed by atoms with Gasteiger partial charge in [0.25, 0.3) is 10.2 Å². The van der Waals surface area contributed by atoms with Crippen LogP contribution in [-0.2, 0) is 23.3 Å². The van der Waals surface area contributed by atoms with Crippen molar-refractivity contribution in [1.29, 1.82) is 0 Å². The van der Waals surface area contributed by atoms with E-state index in [-0.39, 0.29) is 26.2 Å². The molecule has 4 rings (SSSR count). The van der Waals surface area contributed by atoms with Crippen molar-refractivity contribution in [3.05, 3.63) is 107 Å². The van der Waals surface area contributed by atoms with Crippen LogP contribution in [-0.4, -0.2) is 52.5 Å². The van der Waals surface area contributed by atoms with Gasteiger partial charge in [-0.2, -0.15) is 17.0 Å². The van der Waals surface area contributed by atoms with Crippen LogP contribution in [0, 0.1) is 0 Å². The minimum Gasteiger partial charge on any atom is -0.389 e. The quantitative estimate of drug-likeness (QED) is 0.549. The minimum absolute atomic E-state index is 0.0900. The Bertz CT molecular complexity index is 1180. The third-order valence-corrected chi connectivity index (χ3v) is 7.60. The molecule has 6 nitrogen and oxygen atoms in total.